The van der Waals surface area contributed by atoms with Gasteiger partial charge in [0.15, 0.2) is 0 Å². The quantitative estimate of drug-likeness (QED) is 0.736. The molecule has 0 bridgehead atoms. The lowest BCUT2D eigenvalue weighted by Gasteiger charge is -2.09. The molecule has 0 spiro atoms. The third-order valence-corrected chi connectivity index (χ3v) is 3.10. The van der Waals surface area contributed by atoms with Crippen LogP contribution in [0.15, 0.2) is 54.6 Å². The van der Waals surface area contributed by atoms with Gasteiger partial charge in [0.2, 0.25) is 5.91 Å². The summed E-state index contributed by atoms with van der Waals surface area (Å²) in [4.78, 5) is 11.7. The number of nitrogens with one attached hydrogen (secondary N) is 2. The second-order valence-corrected chi connectivity index (χ2v) is 5.02. The molecule has 0 saturated carbocycles. The number of carbonyl (C=O) groups excluding carboxylic acids is 1. The van der Waals surface area contributed by atoms with Crippen LogP contribution in [0.25, 0.3) is 0 Å². The molecule has 0 radical (unpaired) electrons. The molecule has 0 unspecified atom stereocenters. The summed E-state index contributed by atoms with van der Waals surface area (Å²) < 4.78 is 5.71. The molecule has 0 fully saturated rings. The van der Waals surface area contributed by atoms with Gasteiger partial charge in [0.25, 0.3) is 0 Å². The van der Waals surface area contributed by atoms with Crippen LogP contribution in [-0.4, -0.2) is 19.0 Å². The number of hydrogen-bond acceptors (Lipinski definition) is 3. The molecule has 1 amide bonds. The molecule has 0 aromatic heterocycles. The zero-order chi connectivity index (χ0) is 15.6. The predicted molar refractivity (Wildman–Crippen MR) is 89.0 cm³/mol. The highest BCUT2D eigenvalue weighted by Crippen LogP contribution is 2.17. The molecule has 22 heavy (non-hydrogen) atoms. The summed E-state index contributed by atoms with van der Waals surface area (Å²) in [6.07, 6.45) is 1.01. The van der Waals surface area contributed by atoms with Gasteiger partial charge >= 0.3 is 0 Å². The van der Waals surface area contributed by atoms with Crippen LogP contribution >= 0.6 is 0 Å². The van der Waals surface area contributed by atoms with Gasteiger partial charge in [-0.15, -0.1) is 0 Å². The summed E-state index contributed by atoms with van der Waals surface area (Å²) in [5, 5.41) is 5.91. The molecule has 2 aromatic rings. The van der Waals surface area contributed by atoms with E-state index in [1.165, 1.54) is 0 Å². The van der Waals surface area contributed by atoms with Crippen LogP contribution < -0.4 is 15.4 Å². The van der Waals surface area contributed by atoms with Gasteiger partial charge < -0.3 is 15.4 Å². The van der Waals surface area contributed by atoms with Crippen molar-refractivity contribution < 1.29 is 9.53 Å². The van der Waals surface area contributed by atoms with E-state index in [1.54, 1.807) is 0 Å². The minimum atomic E-state index is -0.0357. The van der Waals surface area contributed by atoms with Gasteiger partial charge in [0.1, 0.15) is 12.4 Å². The third kappa shape index (κ3) is 5.58. The molecular formula is C18H22N2O2. The maximum atomic E-state index is 11.7. The van der Waals surface area contributed by atoms with Crippen LogP contribution in [0.1, 0.15) is 18.9 Å². The lowest BCUT2D eigenvalue weighted by Crippen LogP contribution is -2.28. The molecule has 4 heteroatoms. The molecule has 116 valence electrons. The first-order valence-electron chi connectivity index (χ1n) is 7.55. The van der Waals surface area contributed by atoms with Crippen molar-refractivity contribution in [2.75, 3.05) is 18.4 Å². The topological polar surface area (TPSA) is 50.4 Å². The molecule has 4 nitrogen and oxygen atoms in total. The Balaban J connectivity index is 1.79. The van der Waals surface area contributed by atoms with Gasteiger partial charge in [-0.3, -0.25) is 4.79 Å². The zero-order valence-corrected chi connectivity index (χ0v) is 12.8. The molecule has 0 heterocycles. The third-order valence-electron chi connectivity index (χ3n) is 3.10. The van der Waals surface area contributed by atoms with E-state index >= 15 is 0 Å². The SMILES string of the molecule is CCCNCC(=O)Nc1ccc(OCc2ccccc2)cc1. The van der Waals surface area contributed by atoms with Gasteiger partial charge in [-0.1, -0.05) is 37.3 Å². The Morgan fingerprint density at radius 1 is 1.05 bits per heavy atom. The van der Waals surface area contributed by atoms with Crippen LogP contribution in [0, 0.1) is 0 Å². The van der Waals surface area contributed by atoms with Crippen LogP contribution in [0.3, 0.4) is 0 Å². The number of benzene rings is 2. The van der Waals surface area contributed by atoms with E-state index in [2.05, 4.69) is 17.6 Å². The molecular weight excluding hydrogens is 276 g/mol. The van der Waals surface area contributed by atoms with Crippen LogP contribution in [0.5, 0.6) is 5.75 Å². The average molecular weight is 298 g/mol. The predicted octanol–water partition coefficient (Wildman–Crippen LogP) is 3.20. The Labute approximate surface area is 131 Å². The summed E-state index contributed by atoms with van der Waals surface area (Å²) in [6.45, 7) is 3.78. The lowest BCUT2D eigenvalue weighted by molar-refractivity contribution is -0.115. The van der Waals surface area contributed by atoms with Gasteiger partial charge in [-0.05, 0) is 42.8 Å². The number of rotatable bonds is 8. The van der Waals surface area contributed by atoms with E-state index in [0.29, 0.717) is 13.2 Å². The Morgan fingerprint density at radius 2 is 1.77 bits per heavy atom. The molecule has 0 saturated heterocycles. The molecule has 0 atom stereocenters. The van der Waals surface area contributed by atoms with E-state index < -0.39 is 0 Å². The lowest BCUT2D eigenvalue weighted by atomic mass is 10.2. The number of amides is 1. The maximum Gasteiger partial charge on any atom is 0.238 e. The summed E-state index contributed by atoms with van der Waals surface area (Å²) in [7, 11) is 0. The van der Waals surface area contributed by atoms with E-state index in [4.69, 9.17) is 4.74 Å². The summed E-state index contributed by atoms with van der Waals surface area (Å²) in [6, 6.07) is 17.4. The van der Waals surface area contributed by atoms with Crippen molar-refractivity contribution in [2.24, 2.45) is 0 Å². The van der Waals surface area contributed by atoms with E-state index in [-0.39, 0.29) is 5.91 Å². The minimum absolute atomic E-state index is 0.0357. The number of hydrogen-bond donors (Lipinski definition) is 2. The van der Waals surface area contributed by atoms with Gasteiger partial charge in [-0.25, -0.2) is 0 Å². The average Bonchev–Trinajstić information content (AvgIpc) is 2.55. The highest BCUT2D eigenvalue weighted by molar-refractivity contribution is 5.92. The van der Waals surface area contributed by atoms with Crippen molar-refractivity contribution in [3.05, 3.63) is 60.2 Å². The molecule has 2 rings (SSSR count). The Kier molecular flexibility index (Phi) is 6.45. The first-order chi connectivity index (χ1) is 10.8. The van der Waals surface area contributed by atoms with Crippen molar-refractivity contribution in [1.29, 1.82) is 0 Å². The van der Waals surface area contributed by atoms with Crippen molar-refractivity contribution >= 4 is 11.6 Å². The first kappa shape index (κ1) is 16.0. The molecule has 0 aliphatic carbocycles. The highest BCUT2D eigenvalue weighted by Gasteiger charge is 2.02. The largest absolute Gasteiger partial charge is 0.489 e. The molecule has 0 aliphatic heterocycles. The van der Waals surface area contributed by atoms with Crippen LogP contribution in [0.2, 0.25) is 0 Å². The Morgan fingerprint density at radius 3 is 2.45 bits per heavy atom. The fourth-order valence-corrected chi connectivity index (χ4v) is 1.96. The van der Waals surface area contributed by atoms with E-state index in [9.17, 15) is 4.79 Å². The fourth-order valence-electron chi connectivity index (χ4n) is 1.96. The van der Waals surface area contributed by atoms with Crippen molar-refractivity contribution in [3.63, 3.8) is 0 Å². The molecule has 2 N–H and O–H groups in total. The van der Waals surface area contributed by atoms with Crippen LogP contribution in [-0.2, 0) is 11.4 Å². The van der Waals surface area contributed by atoms with Gasteiger partial charge in [-0.2, -0.15) is 0 Å². The smallest absolute Gasteiger partial charge is 0.238 e. The monoisotopic (exact) mass is 298 g/mol. The Bertz CT molecular complexity index is 567. The number of ether oxygens (including phenoxy) is 1. The molecule has 2 aromatic carbocycles. The number of carbonyl (C=O) groups is 1. The summed E-state index contributed by atoms with van der Waals surface area (Å²) >= 11 is 0. The summed E-state index contributed by atoms with van der Waals surface area (Å²) in [5.41, 5.74) is 1.90. The van der Waals surface area contributed by atoms with Crippen molar-refractivity contribution in [2.45, 2.75) is 20.0 Å². The standard InChI is InChI=1S/C18H22N2O2/c1-2-12-19-13-18(21)20-16-8-10-17(11-9-16)22-14-15-6-4-3-5-7-15/h3-11,19H,2,12-14H2,1H3,(H,20,21). The summed E-state index contributed by atoms with van der Waals surface area (Å²) in [5.74, 6) is 0.748. The first-order valence-corrected chi connectivity index (χ1v) is 7.55. The zero-order valence-electron chi connectivity index (χ0n) is 12.8. The van der Waals surface area contributed by atoms with Crippen LogP contribution in [0.4, 0.5) is 5.69 Å². The van der Waals surface area contributed by atoms with E-state index in [1.807, 2.05) is 54.6 Å². The Hall–Kier alpha value is -2.33. The van der Waals surface area contributed by atoms with Crippen molar-refractivity contribution in [3.8, 4) is 5.75 Å². The second-order valence-electron chi connectivity index (χ2n) is 5.02. The van der Waals surface area contributed by atoms with Gasteiger partial charge in [0, 0.05) is 5.69 Å². The number of anilines is 1. The minimum Gasteiger partial charge on any atom is -0.489 e. The van der Waals surface area contributed by atoms with Crippen molar-refractivity contribution in [1.82, 2.24) is 5.32 Å². The van der Waals surface area contributed by atoms with E-state index in [0.717, 1.165) is 30.0 Å². The second kappa shape index (κ2) is 8.85. The fraction of sp³-hybridized carbons (Fsp3) is 0.278. The highest BCUT2D eigenvalue weighted by atomic mass is 16.5. The normalized spacial score (nSPS) is 10.2. The molecule has 0 aliphatic rings. The van der Waals surface area contributed by atoms with Gasteiger partial charge in [0.05, 0.1) is 6.54 Å². The maximum absolute atomic E-state index is 11.7.